The quantitative estimate of drug-likeness (QED) is 0.368. The second-order valence-electron chi connectivity index (χ2n) is 4.15. The van der Waals surface area contributed by atoms with Crippen molar-refractivity contribution in [3.63, 3.8) is 0 Å². The molecule has 0 aliphatic carbocycles. The van der Waals surface area contributed by atoms with E-state index in [0.717, 1.165) is 13.0 Å². The summed E-state index contributed by atoms with van der Waals surface area (Å²) in [5.41, 5.74) is 0.599. The van der Waals surface area contributed by atoms with Crippen molar-refractivity contribution in [2.24, 2.45) is 0 Å². The van der Waals surface area contributed by atoms with Crippen LogP contribution in [0.1, 0.15) is 20.3 Å². The van der Waals surface area contributed by atoms with Crippen LogP contribution < -0.4 is 0 Å². The summed E-state index contributed by atoms with van der Waals surface area (Å²) in [6.07, 6.45) is 0.967. The van der Waals surface area contributed by atoms with E-state index in [9.17, 15) is 4.79 Å². The van der Waals surface area contributed by atoms with Crippen molar-refractivity contribution in [3.8, 4) is 0 Å². The molecule has 1 amide bonds. The number of nitrogens with zero attached hydrogens (tertiary/aromatic N) is 2. The highest BCUT2D eigenvalue weighted by Gasteiger charge is 2.25. The SMILES string of the molecule is C=C(C)C(=O)N(CCC)[N+](C)(C)C. The molecule has 0 aromatic heterocycles. The predicted octanol–water partition coefficient (Wildman–Crippen LogP) is 1.42. The van der Waals surface area contributed by atoms with Gasteiger partial charge in [0.05, 0.1) is 27.7 Å². The summed E-state index contributed by atoms with van der Waals surface area (Å²) in [7, 11) is 5.95. The molecule has 13 heavy (non-hydrogen) atoms. The van der Waals surface area contributed by atoms with Gasteiger partial charge in [-0.3, -0.25) is 4.79 Å². The van der Waals surface area contributed by atoms with Crippen LogP contribution in [-0.2, 0) is 4.79 Å². The van der Waals surface area contributed by atoms with Gasteiger partial charge >= 0.3 is 0 Å². The molecule has 0 aromatic carbocycles. The van der Waals surface area contributed by atoms with Gasteiger partial charge in [-0.15, -0.1) is 0 Å². The minimum absolute atomic E-state index is 0.0364. The largest absolute Gasteiger partial charge is 0.293 e. The number of hydrogen-bond donors (Lipinski definition) is 0. The summed E-state index contributed by atoms with van der Waals surface area (Å²) in [5.74, 6) is 0.0364. The molecular weight excluding hydrogens is 164 g/mol. The lowest BCUT2D eigenvalue weighted by Crippen LogP contribution is -2.55. The minimum Gasteiger partial charge on any atom is -0.264 e. The van der Waals surface area contributed by atoms with Gasteiger partial charge in [0.2, 0.25) is 0 Å². The first-order chi connectivity index (χ1) is 5.80. The highest BCUT2D eigenvalue weighted by atomic mass is 16.2. The van der Waals surface area contributed by atoms with Gasteiger partial charge in [0.1, 0.15) is 0 Å². The smallest absolute Gasteiger partial charge is 0.264 e. The van der Waals surface area contributed by atoms with Gasteiger partial charge in [-0.1, -0.05) is 13.5 Å². The van der Waals surface area contributed by atoms with Gasteiger partial charge in [0.25, 0.3) is 5.91 Å². The number of carbonyl (C=O) groups is 1. The Labute approximate surface area is 81.2 Å². The topological polar surface area (TPSA) is 20.3 Å². The Balaban J connectivity index is 4.61. The summed E-state index contributed by atoms with van der Waals surface area (Å²) in [4.78, 5) is 11.7. The second-order valence-corrected chi connectivity index (χ2v) is 4.15. The number of carbonyl (C=O) groups excluding carboxylic acids is 1. The summed E-state index contributed by atoms with van der Waals surface area (Å²) >= 11 is 0. The van der Waals surface area contributed by atoms with E-state index in [1.54, 1.807) is 6.92 Å². The van der Waals surface area contributed by atoms with E-state index in [0.29, 0.717) is 10.2 Å². The third kappa shape index (κ3) is 3.59. The highest BCUT2D eigenvalue weighted by molar-refractivity contribution is 5.91. The van der Waals surface area contributed by atoms with Crippen molar-refractivity contribution >= 4 is 5.91 Å². The van der Waals surface area contributed by atoms with Gasteiger partial charge in [-0.2, -0.15) is 5.01 Å². The van der Waals surface area contributed by atoms with Crippen molar-refractivity contribution < 1.29 is 9.39 Å². The molecule has 0 aliphatic heterocycles. The average Bonchev–Trinajstić information content (AvgIpc) is 1.96. The fourth-order valence-corrected chi connectivity index (χ4v) is 1.11. The molecule has 0 heterocycles. The van der Waals surface area contributed by atoms with E-state index >= 15 is 0 Å². The molecule has 0 unspecified atom stereocenters. The van der Waals surface area contributed by atoms with Crippen molar-refractivity contribution in [2.75, 3.05) is 27.7 Å². The highest BCUT2D eigenvalue weighted by Crippen LogP contribution is 2.07. The van der Waals surface area contributed by atoms with Gasteiger partial charge in [-0.25, -0.2) is 4.59 Å². The molecule has 0 radical (unpaired) electrons. The third-order valence-corrected chi connectivity index (χ3v) is 1.76. The molecule has 0 rings (SSSR count). The summed E-state index contributed by atoms with van der Waals surface area (Å²) in [6, 6.07) is 0. The maximum Gasteiger partial charge on any atom is 0.293 e. The van der Waals surface area contributed by atoms with E-state index in [-0.39, 0.29) is 5.91 Å². The van der Waals surface area contributed by atoms with Gasteiger partial charge in [-0.05, 0) is 13.3 Å². The Kier molecular flexibility index (Phi) is 4.14. The van der Waals surface area contributed by atoms with E-state index in [4.69, 9.17) is 0 Å². The Morgan fingerprint density at radius 3 is 2.08 bits per heavy atom. The zero-order chi connectivity index (χ0) is 10.6. The molecule has 0 spiro atoms. The molecule has 0 saturated heterocycles. The van der Waals surface area contributed by atoms with Crippen LogP contribution in [0.2, 0.25) is 0 Å². The van der Waals surface area contributed by atoms with Crippen molar-refractivity contribution in [1.82, 2.24) is 5.01 Å². The molecule has 0 bridgehead atoms. The molecule has 0 fully saturated rings. The van der Waals surface area contributed by atoms with Crippen LogP contribution in [0.25, 0.3) is 0 Å². The Bertz CT molecular complexity index is 203. The maximum atomic E-state index is 11.7. The van der Waals surface area contributed by atoms with Gasteiger partial charge < -0.3 is 0 Å². The minimum atomic E-state index is 0.0364. The first kappa shape index (κ1) is 12.2. The van der Waals surface area contributed by atoms with E-state index in [1.807, 2.05) is 26.2 Å². The molecular formula is C10H21N2O+. The number of hydrogen-bond acceptors (Lipinski definition) is 1. The van der Waals surface area contributed by atoms with Crippen LogP contribution in [0.4, 0.5) is 0 Å². The summed E-state index contributed by atoms with van der Waals surface area (Å²) < 4.78 is 0.527. The molecule has 0 aromatic rings. The fourth-order valence-electron chi connectivity index (χ4n) is 1.11. The Morgan fingerprint density at radius 1 is 1.38 bits per heavy atom. The van der Waals surface area contributed by atoms with Crippen LogP contribution >= 0.6 is 0 Å². The standard InChI is InChI=1S/C10H21N2O/c1-7-8-11(12(4,5)6)10(13)9(2)3/h2,7-8H2,1,3-6H3/q+1. The van der Waals surface area contributed by atoms with Crippen LogP contribution in [0.5, 0.6) is 0 Å². The zero-order valence-corrected chi connectivity index (χ0v) is 9.42. The summed E-state index contributed by atoms with van der Waals surface area (Å²) in [5, 5.41) is 1.81. The molecule has 0 aliphatic rings. The lowest BCUT2D eigenvalue weighted by molar-refractivity contribution is -0.973. The Hall–Kier alpha value is -0.830. The van der Waals surface area contributed by atoms with E-state index in [2.05, 4.69) is 13.5 Å². The molecule has 0 saturated carbocycles. The number of quaternary nitrogens is 1. The number of rotatable bonds is 4. The fraction of sp³-hybridized carbons (Fsp3) is 0.700. The molecule has 0 atom stereocenters. The van der Waals surface area contributed by atoms with Gasteiger partial charge in [0, 0.05) is 5.57 Å². The molecule has 76 valence electrons. The predicted molar refractivity (Wildman–Crippen MR) is 54.9 cm³/mol. The van der Waals surface area contributed by atoms with Gasteiger partial charge in [0.15, 0.2) is 0 Å². The third-order valence-electron chi connectivity index (χ3n) is 1.76. The van der Waals surface area contributed by atoms with Crippen molar-refractivity contribution in [2.45, 2.75) is 20.3 Å². The summed E-state index contributed by atoms with van der Waals surface area (Å²) in [6.45, 7) is 8.26. The molecule has 3 heteroatoms. The molecule has 3 nitrogen and oxygen atoms in total. The average molecular weight is 185 g/mol. The van der Waals surface area contributed by atoms with Crippen LogP contribution in [0, 0.1) is 0 Å². The van der Waals surface area contributed by atoms with Crippen LogP contribution in [0.15, 0.2) is 12.2 Å². The van der Waals surface area contributed by atoms with E-state index < -0.39 is 0 Å². The lowest BCUT2D eigenvalue weighted by Gasteiger charge is -2.36. The first-order valence-corrected chi connectivity index (χ1v) is 4.60. The van der Waals surface area contributed by atoms with Crippen LogP contribution in [-0.4, -0.2) is 43.2 Å². The Morgan fingerprint density at radius 2 is 1.85 bits per heavy atom. The second kappa shape index (κ2) is 4.42. The van der Waals surface area contributed by atoms with Crippen LogP contribution in [0.3, 0.4) is 0 Å². The van der Waals surface area contributed by atoms with E-state index in [1.165, 1.54) is 0 Å². The van der Waals surface area contributed by atoms with Crippen molar-refractivity contribution in [1.29, 1.82) is 0 Å². The zero-order valence-electron chi connectivity index (χ0n) is 9.42. The first-order valence-electron chi connectivity index (χ1n) is 4.60. The monoisotopic (exact) mass is 185 g/mol. The normalized spacial score (nSPS) is 11.2. The number of amides is 1. The molecule has 0 N–H and O–H groups in total. The van der Waals surface area contributed by atoms with Crippen molar-refractivity contribution in [3.05, 3.63) is 12.2 Å². The maximum absolute atomic E-state index is 11.7. The lowest BCUT2D eigenvalue weighted by atomic mass is 10.3.